The first-order chi connectivity index (χ1) is 9.49. The van der Waals surface area contributed by atoms with Crippen LogP contribution in [0.4, 0.5) is 0 Å². The van der Waals surface area contributed by atoms with Crippen LogP contribution in [0.1, 0.15) is 33.9 Å². The lowest BCUT2D eigenvalue weighted by Crippen LogP contribution is -2.30. The van der Waals surface area contributed by atoms with Gasteiger partial charge in [-0.3, -0.25) is 11.3 Å². The van der Waals surface area contributed by atoms with Gasteiger partial charge in [-0.2, -0.15) is 0 Å². The molecule has 2 rings (SSSR count). The highest BCUT2D eigenvalue weighted by molar-refractivity contribution is 9.10. The quantitative estimate of drug-likeness (QED) is 0.652. The topological polar surface area (TPSA) is 38.0 Å². The van der Waals surface area contributed by atoms with E-state index in [1.54, 1.807) is 0 Å². The van der Waals surface area contributed by atoms with E-state index in [1.165, 1.54) is 27.8 Å². The van der Waals surface area contributed by atoms with Gasteiger partial charge >= 0.3 is 0 Å². The minimum atomic E-state index is 0.102. The van der Waals surface area contributed by atoms with Crippen molar-refractivity contribution >= 4 is 15.9 Å². The Morgan fingerprint density at radius 1 is 1.00 bits per heavy atom. The summed E-state index contributed by atoms with van der Waals surface area (Å²) in [5.74, 6) is 5.78. The van der Waals surface area contributed by atoms with Gasteiger partial charge < -0.3 is 0 Å². The van der Waals surface area contributed by atoms with Crippen LogP contribution in [0.5, 0.6) is 0 Å². The van der Waals surface area contributed by atoms with Crippen molar-refractivity contribution in [3.8, 4) is 0 Å². The Morgan fingerprint density at radius 3 is 2.25 bits per heavy atom. The molecule has 0 heterocycles. The number of halogens is 1. The van der Waals surface area contributed by atoms with Gasteiger partial charge in [0, 0.05) is 4.47 Å². The molecule has 0 fully saturated rings. The van der Waals surface area contributed by atoms with Crippen LogP contribution < -0.4 is 11.3 Å². The van der Waals surface area contributed by atoms with Gasteiger partial charge in [0.1, 0.15) is 0 Å². The summed E-state index contributed by atoms with van der Waals surface area (Å²) in [6.07, 6.45) is 0.876. The first-order valence-corrected chi connectivity index (χ1v) is 7.58. The highest BCUT2D eigenvalue weighted by Crippen LogP contribution is 2.27. The second-order valence-corrected chi connectivity index (χ2v) is 6.30. The van der Waals surface area contributed by atoms with Crippen LogP contribution in [0.15, 0.2) is 40.9 Å². The standard InChI is InChI=1S/C17H21BrN2/c1-11-4-5-16(18)15(9-11)17(20-19)10-14-7-12(2)6-13(3)8-14/h4-9,17,20H,10,19H2,1-3H3. The van der Waals surface area contributed by atoms with Crippen molar-refractivity contribution in [3.63, 3.8) is 0 Å². The maximum atomic E-state index is 5.78. The van der Waals surface area contributed by atoms with E-state index in [0.29, 0.717) is 0 Å². The van der Waals surface area contributed by atoms with Gasteiger partial charge in [-0.05, 0) is 44.4 Å². The summed E-state index contributed by atoms with van der Waals surface area (Å²) < 4.78 is 1.09. The molecule has 0 amide bonds. The number of hydrogen-bond acceptors (Lipinski definition) is 2. The molecule has 0 aromatic heterocycles. The molecule has 2 aromatic rings. The van der Waals surface area contributed by atoms with E-state index in [0.717, 1.165) is 10.9 Å². The summed E-state index contributed by atoms with van der Waals surface area (Å²) >= 11 is 3.62. The fraction of sp³-hybridized carbons (Fsp3) is 0.294. The smallest absolute Gasteiger partial charge is 0.0511 e. The van der Waals surface area contributed by atoms with Crippen LogP contribution in [-0.2, 0) is 6.42 Å². The molecule has 0 aliphatic heterocycles. The summed E-state index contributed by atoms with van der Waals surface area (Å²) in [5.41, 5.74) is 9.27. The molecule has 0 aliphatic rings. The fourth-order valence-electron chi connectivity index (χ4n) is 2.61. The lowest BCUT2D eigenvalue weighted by atomic mass is 9.96. The van der Waals surface area contributed by atoms with Gasteiger partial charge in [0.05, 0.1) is 6.04 Å². The summed E-state index contributed by atoms with van der Waals surface area (Å²) in [4.78, 5) is 0. The van der Waals surface area contributed by atoms with Gasteiger partial charge in [0.15, 0.2) is 0 Å². The Morgan fingerprint density at radius 2 is 1.65 bits per heavy atom. The van der Waals surface area contributed by atoms with Crippen molar-refractivity contribution < 1.29 is 0 Å². The molecule has 0 spiro atoms. The second kappa shape index (κ2) is 6.53. The molecule has 0 saturated heterocycles. The predicted molar refractivity (Wildman–Crippen MR) is 88.6 cm³/mol. The molecule has 3 heteroatoms. The minimum absolute atomic E-state index is 0.102. The van der Waals surface area contributed by atoms with Crippen LogP contribution >= 0.6 is 15.9 Å². The van der Waals surface area contributed by atoms with Gasteiger partial charge in [-0.25, -0.2) is 0 Å². The third kappa shape index (κ3) is 3.69. The average molecular weight is 333 g/mol. The van der Waals surface area contributed by atoms with E-state index in [9.17, 15) is 0 Å². The van der Waals surface area contributed by atoms with Crippen molar-refractivity contribution in [2.75, 3.05) is 0 Å². The van der Waals surface area contributed by atoms with Crippen LogP contribution in [0.2, 0.25) is 0 Å². The monoisotopic (exact) mass is 332 g/mol. The molecule has 0 aliphatic carbocycles. The number of hydrogen-bond donors (Lipinski definition) is 2. The van der Waals surface area contributed by atoms with Gasteiger partial charge in [-0.1, -0.05) is 63.0 Å². The molecule has 2 nitrogen and oxygen atoms in total. The molecular formula is C17H21BrN2. The van der Waals surface area contributed by atoms with Crippen molar-refractivity contribution in [3.05, 3.63) is 68.7 Å². The average Bonchev–Trinajstić information content (AvgIpc) is 2.38. The zero-order valence-electron chi connectivity index (χ0n) is 12.2. The summed E-state index contributed by atoms with van der Waals surface area (Å²) in [6.45, 7) is 6.36. The van der Waals surface area contributed by atoms with Gasteiger partial charge in [0.2, 0.25) is 0 Å². The maximum Gasteiger partial charge on any atom is 0.0511 e. The molecule has 0 saturated carbocycles. The number of hydrazine groups is 1. The van der Waals surface area contributed by atoms with Crippen LogP contribution in [-0.4, -0.2) is 0 Å². The van der Waals surface area contributed by atoms with E-state index < -0.39 is 0 Å². The van der Waals surface area contributed by atoms with Crippen molar-refractivity contribution in [2.24, 2.45) is 5.84 Å². The van der Waals surface area contributed by atoms with Crippen molar-refractivity contribution in [1.29, 1.82) is 0 Å². The Kier molecular flexibility index (Phi) is 4.97. The molecule has 3 N–H and O–H groups in total. The Bertz CT molecular complexity index is 588. The molecule has 0 bridgehead atoms. The first kappa shape index (κ1) is 15.2. The van der Waals surface area contributed by atoms with Crippen LogP contribution in [0, 0.1) is 20.8 Å². The zero-order chi connectivity index (χ0) is 14.7. The number of aryl methyl sites for hydroxylation is 3. The van der Waals surface area contributed by atoms with E-state index >= 15 is 0 Å². The van der Waals surface area contributed by atoms with E-state index in [4.69, 9.17) is 5.84 Å². The lowest BCUT2D eigenvalue weighted by Gasteiger charge is -2.19. The number of benzene rings is 2. The highest BCUT2D eigenvalue weighted by atomic mass is 79.9. The third-order valence-corrected chi connectivity index (χ3v) is 4.17. The van der Waals surface area contributed by atoms with E-state index in [-0.39, 0.29) is 6.04 Å². The minimum Gasteiger partial charge on any atom is -0.271 e. The number of nitrogens with one attached hydrogen (secondary N) is 1. The van der Waals surface area contributed by atoms with E-state index in [2.05, 4.69) is 78.5 Å². The van der Waals surface area contributed by atoms with Gasteiger partial charge in [-0.15, -0.1) is 0 Å². The fourth-order valence-corrected chi connectivity index (χ4v) is 3.13. The summed E-state index contributed by atoms with van der Waals surface area (Å²) in [5, 5.41) is 0. The first-order valence-electron chi connectivity index (χ1n) is 6.79. The molecule has 1 atom stereocenters. The Hall–Kier alpha value is -1.16. The van der Waals surface area contributed by atoms with Crippen molar-refractivity contribution in [2.45, 2.75) is 33.2 Å². The van der Waals surface area contributed by atoms with Crippen LogP contribution in [0.3, 0.4) is 0 Å². The third-order valence-electron chi connectivity index (χ3n) is 3.45. The second-order valence-electron chi connectivity index (χ2n) is 5.44. The molecular weight excluding hydrogens is 312 g/mol. The molecule has 20 heavy (non-hydrogen) atoms. The van der Waals surface area contributed by atoms with E-state index in [1.807, 2.05) is 0 Å². The largest absolute Gasteiger partial charge is 0.271 e. The molecule has 106 valence electrons. The normalized spacial score (nSPS) is 12.4. The lowest BCUT2D eigenvalue weighted by molar-refractivity contribution is 0.549. The number of nitrogens with two attached hydrogens (primary N) is 1. The zero-order valence-corrected chi connectivity index (χ0v) is 13.8. The summed E-state index contributed by atoms with van der Waals surface area (Å²) in [7, 11) is 0. The predicted octanol–water partition coefficient (Wildman–Crippen LogP) is 4.12. The summed E-state index contributed by atoms with van der Waals surface area (Å²) in [6, 6.07) is 13.1. The SMILES string of the molecule is Cc1cc(C)cc(CC(NN)c2cc(C)ccc2Br)c1. The molecule has 2 aromatic carbocycles. The Labute approximate surface area is 129 Å². The molecule has 1 unspecified atom stereocenters. The van der Waals surface area contributed by atoms with Gasteiger partial charge in [0.25, 0.3) is 0 Å². The number of rotatable bonds is 4. The van der Waals surface area contributed by atoms with Crippen molar-refractivity contribution in [1.82, 2.24) is 5.43 Å². The molecule has 0 radical (unpaired) electrons. The maximum absolute atomic E-state index is 5.78. The highest BCUT2D eigenvalue weighted by Gasteiger charge is 2.14. The Balaban J connectivity index is 2.31. The van der Waals surface area contributed by atoms with Crippen LogP contribution in [0.25, 0.3) is 0 Å².